The molecule has 0 spiro atoms. The molecule has 2 amide bonds. The number of aromatic amines is 1. The Balaban J connectivity index is 1.43. The Morgan fingerprint density at radius 1 is 1.02 bits per heavy atom. The smallest absolute Gasteiger partial charge is 0.352 e. The van der Waals surface area contributed by atoms with Gasteiger partial charge in [-0.1, -0.05) is 42.5 Å². The van der Waals surface area contributed by atoms with Crippen LogP contribution in [0.3, 0.4) is 0 Å². The largest absolute Gasteiger partial charge is 0.477 e. The Kier molecular flexibility index (Phi) is 10.5. The first-order chi connectivity index (χ1) is 22.9. The lowest BCUT2D eigenvalue weighted by Gasteiger charge is -2.53. The van der Waals surface area contributed by atoms with Gasteiger partial charge in [-0.05, 0) is 47.9 Å². The van der Waals surface area contributed by atoms with Gasteiger partial charge in [0.1, 0.15) is 23.2 Å². The third-order valence-corrected chi connectivity index (χ3v) is 11.5. The summed E-state index contributed by atoms with van der Waals surface area (Å²) in [7, 11) is -3.99. The van der Waals surface area contributed by atoms with Crippen molar-refractivity contribution in [2.45, 2.75) is 35.8 Å². The van der Waals surface area contributed by atoms with Gasteiger partial charge in [-0.2, -0.15) is 4.31 Å². The number of benzene rings is 2. The summed E-state index contributed by atoms with van der Waals surface area (Å²) in [6, 6.07) is 15.1. The van der Waals surface area contributed by atoms with Crippen molar-refractivity contribution >= 4 is 39.6 Å². The van der Waals surface area contributed by atoms with Crippen molar-refractivity contribution < 1.29 is 38.1 Å². The Bertz CT molecular complexity index is 1890. The van der Waals surface area contributed by atoms with Gasteiger partial charge in [-0.3, -0.25) is 19.3 Å². The third-order valence-electron chi connectivity index (χ3n) is 8.21. The maximum atomic E-state index is 13.9. The van der Waals surface area contributed by atoms with Crippen LogP contribution in [0.5, 0.6) is 0 Å². The van der Waals surface area contributed by atoms with Gasteiger partial charge >= 0.3 is 5.97 Å². The zero-order valence-electron chi connectivity index (χ0n) is 25.9. The topological polar surface area (TPSA) is 215 Å². The van der Waals surface area contributed by atoms with Gasteiger partial charge in [0.25, 0.3) is 11.5 Å². The Hall–Kier alpha value is -4.32. The second-order valence-corrected chi connectivity index (χ2v) is 14.3. The molecule has 2 aromatic carbocycles. The number of β-lactam (4-membered cyclic amide) rings is 1. The summed E-state index contributed by atoms with van der Waals surface area (Å²) in [5.74, 6) is -2.10. The molecule has 0 bridgehead atoms. The van der Waals surface area contributed by atoms with Crippen LogP contribution in [0.2, 0.25) is 0 Å². The van der Waals surface area contributed by atoms with Crippen LogP contribution in [0.25, 0.3) is 11.3 Å². The predicted octanol–water partition coefficient (Wildman–Crippen LogP) is 0.688. The number of aliphatic hydroxyl groups is 2. The van der Waals surface area contributed by atoms with E-state index in [0.717, 1.165) is 4.31 Å². The fraction of sp³-hybridized carbons (Fsp3) is 0.312. The summed E-state index contributed by atoms with van der Waals surface area (Å²) in [5, 5.41) is 27.6. The predicted molar refractivity (Wildman–Crippen MR) is 177 cm³/mol. The van der Waals surface area contributed by atoms with Gasteiger partial charge < -0.3 is 30.9 Å². The van der Waals surface area contributed by atoms with Crippen molar-refractivity contribution in [2.75, 3.05) is 32.1 Å². The molecule has 3 atom stereocenters. The number of amides is 2. The van der Waals surface area contributed by atoms with Crippen LogP contribution < -0.4 is 11.3 Å². The number of carbonyl (C=O) groups is 3. The number of aromatic nitrogens is 1. The minimum Gasteiger partial charge on any atom is -0.477 e. The molecule has 2 aliphatic heterocycles. The van der Waals surface area contributed by atoms with E-state index in [-0.39, 0.29) is 35.8 Å². The molecule has 3 aromatic rings. The second kappa shape index (κ2) is 14.4. The molecule has 1 saturated heterocycles. The lowest BCUT2D eigenvalue weighted by Crippen LogP contribution is -2.71. The van der Waals surface area contributed by atoms with Crippen LogP contribution in [0, 0.1) is 0 Å². The van der Waals surface area contributed by atoms with Crippen LogP contribution >= 0.6 is 11.8 Å². The molecule has 1 fully saturated rings. The van der Waals surface area contributed by atoms with Gasteiger partial charge in [-0.15, -0.1) is 11.8 Å². The van der Waals surface area contributed by atoms with E-state index in [4.69, 9.17) is 5.73 Å². The molecule has 14 nitrogen and oxygen atoms in total. The number of hydrogen-bond donors (Lipinski definition) is 5. The highest BCUT2D eigenvalue weighted by atomic mass is 32.2. The quantitative estimate of drug-likeness (QED) is 0.157. The first-order valence-corrected chi connectivity index (χ1v) is 17.4. The average molecular weight is 698 g/mol. The average Bonchev–Trinajstić information content (AvgIpc) is 3.08. The maximum absolute atomic E-state index is 13.9. The van der Waals surface area contributed by atoms with Crippen molar-refractivity contribution in [3.63, 3.8) is 0 Å². The highest BCUT2D eigenvalue weighted by Gasteiger charge is 2.57. The molecule has 0 aliphatic carbocycles. The summed E-state index contributed by atoms with van der Waals surface area (Å²) >= 11 is 1.32. The van der Waals surface area contributed by atoms with Crippen molar-refractivity contribution in [2.24, 2.45) is 5.73 Å². The number of nitrogens with zero attached hydrogens (tertiary/aromatic N) is 3. The van der Waals surface area contributed by atoms with Crippen molar-refractivity contribution in [3.8, 4) is 11.3 Å². The summed E-state index contributed by atoms with van der Waals surface area (Å²) in [6.07, 6.45) is 0. The van der Waals surface area contributed by atoms with Gasteiger partial charge in [0.05, 0.1) is 24.7 Å². The highest BCUT2D eigenvalue weighted by molar-refractivity contribution is 8.00. The molecule has 0 unspecified atom stereocenters. The fourth-order valence-electron chi connectivity index (χ4n) is 5.72. The molecule has 0 saturated carbocycles. The first kappa shape index (κ1) is 35.0. The highest BCUT2D eigenvalue weighted by Crippen LogP contribution is 2.43. The fourth-order valence-corrected chi connectivity index (χ4v) is 8.50. The number of carbonyl (C=O) groups excluding carboxylic acids is 2. The second-order valence-electron chi connectivity index (χ2n) is 11.2. The number of hydrogen-bond acceptors (Lipinski definition) is 10. The molecule has 254 valence electrons. The van der Waals surface area contributed by atoms with Gasteiger partial charge in [-0.25, -0.2) is 13.2 Å². The van der Waals surface area contributed by atoms with Crippen LogP contribution in [-0.2, 0) is 31.0 Å². The van der Waals surface area contributed by atoms with Crippen LogP contribution in [-0.4, -0.2) is 104 Å². The third kappa shape index (κ3) is 6.67. The number of thioether (sulfide) groups is 1. The molecule has 0 radical (unpaired) electrons. The van der Waals surface area contributed by atoms with E-state index in [9.17, 15) is 42.9 Å². The zero-order chi connectivity index (χ0) is 34.7. The summed E-state index contributed by atoms with van der Waals surface area (Å²) in [5.41, 5.74) is 7.71. The SMILES string of the molecule is CC1=C(C(=O)O)N2C(=O)[C@@H](N(Cc3ccc(-c4ccc(S(=O)(=O)N(CCO)CCO)cc4)[nH]c3=O)C(=O)[C@H](N)c3ccccc3)[C@H]2SC1. The number of carboxylic acid groups (broad SMARTS) is 1. The molecule has 16 heteroatoms. The molecular weight excluding hydrogens is 663 g/mol. The Morgan fingerprint density at radius 2 is 1.67 bits per heavy atom. The van der Waals surface area contributed by atoms with E-state index < -0.39 is 64.0 Å². The van der Waals surface area contributed by atoms with E-state index >= 15 is 0 Å². The van der Waals surface area contributed by atoms with E-state index in [2.05, 4.69) is 4.98 Å². The first-order valence-electron chi connectivity index (χ1n) is 14.9. The molecular formula is C32H35N5O9S2. The number of aliphatic hydroxyl groups excluding tert-OH is 2. The van der Waals surface area contributed by atoms with E-state index in [1.165, 1.54) is 51.9 Å². The van der Waals surface area contributed by atoms with Crippen molar-refractivity contribution in [3.05, 3.63) is 99.5 Å². The van der Waals surface area contributed by atoms with Gasteiger partial charge in [0.15, 0.2) is 0 Å². The summed E-state index contributed by atoms with van der Waals surface area (Å²) in [6.45, 7) is 0.145. The zero-order valence-corrected chi connectivity index (χ0v) is 27.5. The maximum Gasteiger partial charge on any atom is 0.352 e. The van der Waals surface area contributed by atoms with Crippen LogP contribution in [0.4, 0.5) is 0 Å². The van der Waals surface area contributed by atoms with E-state index in [1.54, 1.807) is 43.3 Å². The lowest BCUT2D eigenvalue weighted by molar-refractivity contribution is -0.161. The number of fused-ring (bicyclic) bond motifs is 1. The normalized spacial score (nSPS) is 18.4. The van der Waals surface area contributed by atoms with E-state index in [0.29, 0.717) is 28.1 Å². The minimum atomic E-state index is -3.99. The number of nitrogens with two attached hydrogens (primary N) is 1. The van der Waals surface area contributed by atoms with E-state index in [1.807, 2.05) is 0 Å². The molecule has 3 heterocycles. The summed E-state index contributed by atoms with van der Waals surface area (Å²) in [4.78, 5) is 57.9. The number of pyridine rings is 1. The van der Waals surface area contributed by atoms with Crippen molar-refractivity contribution in [1.82, 2.24) is 19.1 Å². The Labute approximate surface area is 280 Å². The number of H-pyrrole nitrogens is 1. The molecule has 5 rings (SSSR count). The number of carboxylic acids is 1. The van der Waals surface area contributed by atoms with Crippen molar-refractivity contribution in [1.29, 1.82) is 0 Å². The van der Waals surface area contributed by atoms with Gasteiger partial charge in [0, 0.05) is 30.1 Å². The number of nitrogens with one attached hydrogen (secondary N) is 1. The molecule has 6 N–H and O–H groups in total. The Morgan fingerprint density at radius 3 is 2.25 bits per heavy atom. The summed E-state index contributed by atoms with van der Waals surface area (Å²) < 4.78 is 26.9. The van der Waals surface area contributed by atoms with Gasteiger partial charge in [0.2, 0.25) is 15.9 Å². The minimum absolute atomic E-state index is 0.0630. The number of sulfonamides is 1. The molecule has 1 aromatic heterocycles. The number of aliphatic carboxylic acids is 1. The molecule has 48 heavy (non-hydrogen) atoms. The monoisotopic (exact) mass is 697 g/mol. The molecule has 2 aliphatic rings. The lowest BCUT2D eigenvalue weighted by atomic mass is 9.98. The van der Waals surface area contributed by atoms with Crippen LogP contribution in [0.15, 0.2) is 87.7 Å². The van der Waals surface area contributed by atoms with Crippen LogP contribution in [0.1, 0.15) is 24.1 Å². The standard InChI is InChI=1S/C32H35N5O9S2/c1-19-18-47-31-27(30(42)37(31)26(19)32(43)44)36(29(41)25(33)21-5-3-2-4-6-21)17-22-9-12-24(34-28(22)40)20-7-10-23(11-8-20)48(45,46)35(13-15-38)14-16-39/h2-12,25,27,31,38-39H,13-18,33H2,1H3,(H,34,40)(H,43,44)/t25-,27-,31-/m1/s1. The number of rotatable bonds is 13.